The number of benzene rings is 1. The molecule has 2 fully saturated rings. The highest BCUT2D eigenvalue weighted by molar-refractivity contribution is 5.61. The highest BCUT2D eigenvalue weighted by Gasteiger charge is 2.53. The highest BCUT2D eigenvalue weighted by atomic mass is 14.6. The molecule has 3 aliphatic carbocycles. The molecule has 0 aliphatic heterocycles. The molecule has 126 valence electrons. The zero-order chi connectivity index (χ0) is 16.9. The van der Waals surface area contributed by atoms with Gasteiger partial charge in [0, 0.05) is 5.56 Å². The molecule has 0 radical (unpaired) electrons. The van der Waals surface area contributed by atoms with Crippen molar-refractivity contribution in [2.24, 2.45) is 23.2 Å². The van der Waals surface area contributed by atoms with Crippen molar-refractivity contribution in [2.75, 3.05) is 0 Å². The average molecular weight is 319 g/mol. The lowest BCUT2D eigenvalue weighted by Gasteiger charge is -2.50. The Labute approximate surface area is 147 Å². The Morgan fingerprint density at radius 1 is 1.21 bits per heavy atom. The fraction of sp³-hybridized carbons (Fsp3) is 0.583. The van der Waals surface area contributed by atoms with Crippen LogP contribution in [0.5, 0.6) is 0 Å². The van der Waals surface area contributed by atoms with Crippen LogP contribution in [0.1, 0.15) is 81.0 Å². The van der Waals surface area contributed by atoms with E-state index in [2.05, 4.69) is 44.4 Å². The van der Waals surface area contributed by atoms with E-state index in [0.717, 1.165) is 23.7 Å². The second-order valence-electron chi connectivity index (χ2n) is 8.66. The average Bonchev–Trinajstić information content (AvgIpc) is 2.89. The Bertz CT molecular complexity index is 728. The summed E-state index contributed by atoms with van der Waals surface area (Å²) in [6, 6.07) is 4.80. The maximum absolute atomic E-state index is 4.00. The molecule has 0 spiro atoms. The Morgan fingerprint density at radius 3 is 2.79 bits per heavy atom. The Balaban J connectivity index is 1.75. The van der Waals surface area contributed by atoms with E-state index in [4.69, 9.17) is 0 Å². The molecule has 1 aromatic rings. The third kappa shape index (κ3) is 2.21. The van der Waals surface area contributed by atoms with Crippen molar-refractivity contribution in [1.82, 2.24) is 0 Å². The van der Waals surface area contributed by atoms with Crippen molar-refractivity contribution < 1.29 is 0 Å². The number of rotatable bonds is 1. The van der Waals surface area contributed by atoms with Gasteiger partial charge in [0.1, 0.15) is 0 Å². The molecule has 4 rings (SSSR count). The molecule has 24 heavy (non-hydrogen) atoms. The molecule has 0 heterocycles. The van der Waals surface area contributed by atoms with Gasteiger partial charge < -0.3 is 0 Å². The van der Waals surface area contributed by atoms with Crippen molar-refractivity contribution in [3.05, 3.63) is 41.0 Å². The van der Waals surface area contributed by atoms with Gasteiger partial charge in [-0.05, 0) is 97.3 Å². The molecule has 0 amide bonds. The van der Waals surface area contributed by atoms with E-state index < -0.39 is 0 Å². The van der Waals surface area contributed by atoms with E-state index in [1.165, 1.54) is 49.7 Å². The first-order valence-electron chi connectivity index (χ1n) is 9.80. The first-order chi connectivity index (χ1) is 11.6. The zero-order valence-electron chi connectivity index (χ0n) is 15.5. The summed E-state index contributed by atoms with van der Waals surface area (Å²) in [5, 5.41) is 0. The largest absolute Gasteiger partial charge is 0.101 e. The Kier molecular flexibility index (Phi) is 3.87. The van der Waals surface area contributed by atoms with Gasteiger partial charge in [-0.15, -0.1) is 5.92 Å². The molecule has 3 aliphatic rings. The van der Waals surface area contributed by atoms with Gasteiger partial charge in [0.15, 0.2) is 0 Å². The summed E-state index contributed by atoms with van der Waals surface area (Å²) in [7, 11) is 0. The normalized spacial score (nSPS) is 36.8. The molecule has 0 N–H and O–H groups in total. The van der Waals surface area contributed by atoms with Gasteiger partial charge in [0.2, 0.25) is 0 Å². The number of aryl methyl sites for hydroxylation is 1. The van der Waals surface area contributed by atoms with Crippen LogP contribution in [-0.2, 0) is 6.42 Å². The molecular weight excluding hydrogens is 288 g/mol. The minimum absolute atomic E-state index is 0.603. The molecule has 0 heteroatoms. The van der Waals surface area contributed by atoms with Crippen LogP contribution in [0.4, 0.5) is 0 Å². The van der Waals surface area contributed by atoms with Crippen molar-refractivity contribution in [3.63, 3.8) is 0 Å². The Morgan fingerprint density at radius 2 is 2.04 bits per heavy atom. The van der Waals surface area contributed by atoms with Crippen LogP contribution in [-0.4, -0.2) is 0 Å². The van der Waals surface area contributed by atoms with Crippen LogP contribution in [0, 0.1) is 35.0 Å². The predicted molar refractivity (Wildman–Crippen MR) is 103 cm³/mol. The van der Waals surface area contributed by atoms with E-state index in [1.807, 2.05) is 13.0 Å². The minimum atomic E-state index is 0.603. The lowest BCUT2D eigenvalue weighted by molar-refractivity contribution is 0.0337. The van der Waals surface area contributed by atoms with Crippen LogP contribution in [0.3, 0.4) is 0 Å². The molecule has 0 nitrogen and oxygen atoms in total. The SMILES string of the molecule is C=Cc1cc2c(cc1C#CC)C1CCC3(C)C(C)CCC3C1CC2. The van der Waals surface area contributed by atoms with E-state index in [1.54, 1.807) is 11.1 Å². The van der Waals surface area contributed by atoms with Gasteiger partial charge in [0.25, 0.3) is 0 Å². The van der Waals surface area contributed by atoms with Crippen LogP contribution in [0.2, 0.25) is 0 Å². The number of fused-ring (bicyclic) bond motifs is 5. The molecule has 0 bridgehead atoms. The van der Waals surface area contributed by atoms with Crippen molar-refractivity contribution >= 4 is 6.08 Å². The van der Waals surface area contributed by atoms with Crippen LogP contribution >= 0.6 is 0 Å². The molecule has 5 atom stereocenters. The lowest BCUT2D eigenvalue weighted by atomic mass is 9.54. The monoisotopic (exact) mass is 318 g/mol. The fourth-order valence-electron chi connectivity index (χ4n) is 6.31. The molecular formula is C24H30. The topological polar surface area (TPSA) is 0 Å². The first kappa shape index (κ1) is 16.0. The maximum atomic E-state index is 4.00. The lowest BCUT2D eigenvalue weighted by Crippen LogP contribution is -2.41. The van der Waals surface area contributed by atoms with Gasteiger partial charge in [0.05, 0.1) is 0 Å². The fourth-order valence-corrected chi connectivity index (χ4v) is 6.31. The van der Waals surface area contributed by atoms with E-state index >= 15 is 0 Å². The van der Waals surface area contributed by atoms with Gasteiger partial charge >= 0.3 is 0 Å². The summed E-state index contributed by atoms with van der Waals surface area (Å²) < 4.78 is 0. The third-order valence-electron chi connectivity index (χ3n) is 7.85. The van der Waals surface area contributed by atoms with Gasteiger partial charge in [-0.3, -0.25) is 0 Å². The van der Waals surface area contributed by atoms with Crippen LogP contribution < -0.4 is 0 Å². The molecule has 5 unspecified atom stereocenters. The summed E-state index contributed by atoms with van der Waals surface area (Å²) in [4.78, 5) is 0. The van der Waals surface area contributed by atoms with Crippen molar-refractivity contribution in [3.8, 4) is 11.8 Å². The zero-order valence-corrected chi connectivity index (χ0v) is 15.5. The Hall–Kier alpha value is -1.48. The second kappa shape index (κ2) is 5.80. The molecule has 0 aromatic heterocycles. The highest BCUT2D eigenvalue weighted by Crippen LogP contribution is 2.62. The van der Waals surface area contributed by atoms with E-state index in [9.17, 15) is 0 Å². The predicted octanol–water partition coefficient (Wildman–Crippen LogP) is 6.19. The summed E-state index contributed by atoms with van der Waals surface area (Å²) in [5.74, 6) is 9.93. The van der Waals surface area contributed by atoms with Gasteiger partial charge in [-0.1, -0.05) is 38.5 Å². The molecule has 2 saturated carbocycles. The van der Waals surface area contributed by atoms with Crippen molar-refractivity contribution in [2.45, 2.75) is 65.2 Å². The molecule has 0 saturated heterocycles. The van der Waals surface area contributed by atoms with Crippen LogP contribution in [0.15, 0.2) is 18.7 Å². The minimum Gasteiger partial charge on any atom is -0.101 e. The smallest absolute Gasteiger partial charge is 0.0320 e. The van der Waals surface area contributed by atoms with E-state index in [-0.39, 0.29) is 0 Å². The second-order valence-corrected chi connectivity index (χ2v) is 8.66. The molecule has 1 aromatic carbocycles. The summed E-state index contributed by atoms with van der Waals surface area (Å²) in [6.45, 7) is 11.0. The first-order valence-corrected chi connectivity index (χ1v) is 9.80. The third-order valence-corrected chi connectivity index (χ3v) is 7.85. The number of hydrogen-bond acceptors (Lipinski definition) is 0. The summed E-state index contributed by atoms with van der Waals surface area (Å²) in [5.41, 5.74) is 6.20. The van der Waals surface area contributed by atoms with Gasteiger partial charge in [-0.25, -0.2) is 0 Å². The number of hydrogen-bond donors (Lipinski definition) is 0. The standard InChI is InChI=1S/C24H30/c1-5-7-18-15-22-19(14-17(18)6-2)9-10-21-20(22)12-13-24(4)16(3)8-11-23(21)24/h6,14-16,20-21,23H,2,8-13H2,1,3-4H3. The summed E-state index contributed by atoms with van der Waals surface area (Å²) >= 11 is 0. The van der Waals surface area contributed by atoms with E-state index in [0.29, 0.717) is 5.41 Å². The van der Waals surface area contributed by atoms with Crippen LogP contribution in [0.25, 0.3) is 6.08 Å². The maximum Gasteiger partial charge on any atom is 0.0320 e. The van der Waals surface area contributed by atoms with Gasteiger partial charge in [-0.2, -0.15) is 0 Å². The van der Waals surface area contributed by atoms with Crippen molar-refractivity contribution in [1.29, 1.82) is 0 Å². The quantitative estimate of drug-likeness (QED) is 0.541. The summed E-state index contributed by atoms with van der Waals surface area (Å²) in [6.07, 6.45) is 10.3.